The maximum atomic E-state index is 16.0. The van der Waals surface area contributed by atoms with Crippen LogP contribution in [0.1, 0.15) is 175 Å². The zero-order chi connectivity index (χ0) is 68.9. The van der Waals surface area contributed by atoms with Gasteiger partial charge in [0.25, 0.3) is 24.0 Å². The fourth-order valence-corrected chi connectivity index (χ4v) is 11.9. The van der Waals surface area contributed by atoms with E-state index >= 15 is 8.78 Å². The number of halogens is 6. The summed E-state index contributed by atoms with van der Waals surface area (Å²) in [5, 5.41) is 15.3. The molecule has 4 aromatic carbocycles. The van der Waals surface area contributed by atoms with Crippen LogP contribution in [0.4, 0.5) is 26.3 Å². The van der Waals surface area contributed by atoms with Crippen LogP contribution in [0, 0.1) is 78.9 Å². The number of hydrogen-bond donors (Lipinski definition) is 3. The second kappa shape index (κ2) is 33.1. The van der Waals surface area contributed by atoms with E-state index in [1.165, 1.54) is 24.5 Å². The lowest BCUT2D eigenvalue weighted by Gasteiger charge is -2.27. The predicted molar refractivity (Wildman–Crippen MR) is 350 cm³/mol. The Morgan fingerprint density at radius 3 is 1.17 bits per heavy atom. The second-order valence-corrected chi connectivity index (χ2v) is 25.7. The summed E-state index contributed by atoms with van der Waals surface area (Å²) in [6, 6.07) is 12.2. The van der Waals surface area contributed by atoms with E-state index in [4.69, 9.17) is 4.74 Å². The van der Waals surface area contributed by atoms with Crippen molar-refractivity contribution in [1.82, 2.24) is 29.6 Å². The zero-order valence-electron chi connectivity index (χ0n) is 56.3. The standard InChI is InChI=1S/C37H48F3N3O4.C35H44F3N3O4/c1-10-47-32(44)19-30(28-18-27(16-25(7)34(28)38)33-23(5)14-22(4)15-24(33)6)41-36(45)31(13-21(2)3)43-20-26(11-12-42(8)9)17-29(35(39)40)37(43)46;1-19(2)11-29(41-18-24(9-10-40(7)8)15-27(33(37)38)35(41)45)34(44)39-28(17-30(42)43)26-16-25(14-23(6)32(26)36)31-21(4)12-20(3)13-22(31)5/h14-18,20-21,30-31,35H,10-13,19H2,1-9H3,(H,41,45);12-16,18-19,28-29,33H,9-11,17H2,1-8H3,(H,39,44)(H,42,43)/t30-,31?;28-,29?/m00/s1. The lowest BCUT2D eigenvalue weighted by atomic mass is 9.89. The number of rotatable bonds is 27. The van der Waals surface area contributed by atoms with Gasteiger partial charge < -0.3 is 39.4 Å². The van der Waals surface area contributed by atoms with Crippen molar-refractivity contribution in [3.05, 3.63) is 183 Å². The van der Waals surface area contributed by atoms with Gasteiger partial charge in [0.05, 0.1) is 42.7 Å². The van der Waals surface area contributed by atoms with E-state index in [0.29, 0.717) is 48.2 Å². The summed E-state index contributed by atoms with van der Waals surface area (Å²) in [6.45, 7) is 25.2. The third-order valence-electron chi connectivity index (χ3n) is 16.0. The molecule has 0 aliphatic heterocycles. The third kappa shape index (κ3) is 19.8. The van der Waals surface area contributed by atoms with Crippen molar-refractivity contribution in [1.29, 1.82) is 0 Å². The van der Waals surface area contributed by atoms with Crippen LogP contribution in [0.15, 0.2) is 82.6 Å². The number of nitrogens with zero attached hydrogens (tertiary/aromatic N) is 4. The largest absolute Gasteiger partial charge is 0.481 e. The van der Waals surface area contributed by atoms with Gasteiger partial charge in [-0.15, -0.1) is 0 Å². The van der Waals surface area contributed by atoms with E-state index in [2.05, 4.69) is 10.6 Å². The van der Waals surface area contributed by atoms with Gasteiger partial charge in [0, 0.05) is 36.6 Å². The molecule has 6 aromatic rings. The number of carbonyl (C=O) groups excluding carboxylic acids is 3. The van der Waals surface area contributed by atoms with Crippen LogP contribution in [0.2, 0.25) is 0 Å². The minimum atomic E-state index is -3.06. The number of carboxylic acid groups (broad SMARTS) is 1. The highest BCUT2D eigenvalue weighted by atomic mass is 19.3. The molecule has 0 aliphatic rings. The summed E-state index contributed by atoms with van der Waals surface area (Å²) in [6.07, 6.45) is -3.24. The molecule has 2 aromatic heterocycles. The molecule has 6 rings (SSSR count). The Labute approximate surface area is 537 Å². The van der Waals surface area contributed by atoms with Gasteiger partial charge in [0.1, 0.15) is 23.7 Å². The summed E-state index contributed by atoms with van der Waals surface area (Å²) in [5.74, 6) is -4.86. The monoisotopic (exact) mass is 1280 g/mol. The molecule has 0 bridgehead atoms. The van der Waals surface area contributed by atoms with Crippen molar-refractivity contribution >= 4 is 23.8 Å². The van der Waals surface area contributed by atoms with Crippen LogP contribution in [0.5, 0.6) is 0 Å². The fourth-order valence-electron chi connectivity index (χ4n) is 11.9. The van der Waals surface area contributed by atoms with Crippen LogP contribution < -0.4 is 21.8 Å². The number of carbonyl (C=O) groups is 4. The number of pyridine rings is 2. The van der Waals surface area contributed by atoms with Crippen molar-refractivity contribution in [3.63, 3.8) is 0 Å². The van der Waals surface area contributed by atoms with Crippen molar-refractivity contribution in [2.45, 2.75) is 166 Å². The molecular formula is C72H92F6N6O8. The quantitative estimate of drug-likeness (QED) is 0.0333. The lowest BCUT2D eigenvalue weighted by Crippen LogP contribution is -2.41. The first kappa shape index (κ1) is 74.9. The van der Waals surface area contributed by atoms with Crippen LogP contribution in [0.3, 0.4) is 0 Å². The molecule has 0 aliphatic carbocycles. The van der Waals surface area contributed by atoms with Gasteiger partial charge in [0.15, 0.2) is 0 Å². The molecule has 2 heterocycles. The maximum absolute atomic E-state index is 16.0. The molecule has 92 heavy (non-hydrogen) atoms. The second-order valence-electron chi connectivity index (χ2n) is 25.7. The average molecular weight is 1280 g/mol. The van der Waals surface area contributed by atoms with E-state index in [9.17, 15) is 51.4 Å². The number of aromatic nitrogens is 2. The smallest absolute Gasteiger partial charge is 0.308 e. The highest BCUT2D eigenvalue weighted by Gasteiger charge is 2.33. The number of benzene rings is 4. The molecule has 0 radical (unpaired) electrons. The van der Waals surface area contributed by atoms with E-state index in [1.807, 2.05) is 131 Å². The molecule has 2 amide bonds. The molecule has 20 heteroatoms. The predicted octanol–water partition coefficient (Wildman–Crippen LogP) is 14.2. The number of nitrogens with one attached hydrogen (secondary N) is 2. The lowest BCUT2D eigenvalue weighted by molar-refractivity contribution is -0.144. The van der Waals surface area contributed by atoms with Crippen molar-refractivity contribution < 1.29 is 55.4 Å². The molecule has 500 valence electrons. The summed E-state index contributed by atoms with van der Waals surface area (Å²) in [5.41, 5.74) is 7.50. The Morgan fingerprint density at radius 1 is 0.522 bits per heavy atom. The van der Waals surface area contributed by atoms with Gasteiger partial charge in [-0.1, -0.05) is 63.1 Å². The van der Waals surface area contributed by atoms with Crippen LogP contribution in [0.25, 0.3) is 22.3 Å². The van der Waals surface area contributed by atoms with Gasteiger partial charge in [-0.25, -0.2) is 26.3 Å². The van der Waals surface area contributed by atoms with Gasteiger partial charge in [0.2, 0.25) is 11.8 Å². The summed E-state index contributed by atoms with van der Waals surface area (Å²) in [7, 11) is 7.36. The maximum Gasteiger partial charge on any atom is 0.308 e. The van der Waals surface area contributed by atoms with Crippen LogP contribution in [-0.4, -0.2) is 95.7 Å². The Hall–Kier alpha value is -7.84. The Kier molecular flexibility index (Phi) is 27.0. The first-order valence-electron chi connectivity index (χ1n) is 31.1. The van der Waals surface area contributed by atoms with Crippen molar-refractivity contribution in [3.8, 4) is 22.3 Å². The Morgan fingerprint density at radius 2 is 0.870 bits per heavy atom. The fraction of sp³-hybridized carbons (Fsp3) is 0.472. The summed E-state index contributed by atoms with van der Waals surface area (Å²) in [4.78, 5) is 83.4. The van der Waals surface area contributed by atoms with Crippen LogP contribution >= 0.6 is 0 Å². The third-order valence-corrected chi connectivity index (χ3v) is 16.0. The molecule has 2 unspecified atom stereocenters. The highest BCUT2D eigenvalue weighted by Crippen LogP contribution is 2.37. The Bertz CT molecular complexity index is 3700. The molecule has 3 N–H and O–H groups in total. The first-order valence-corrected chi connectivity index (χ1v) is 31.1. The number of esters is 1. The molecular weight excluding hydrogens is 1190 g/mol. The minimum Gasteiger partial charge on any atom is -0.481 e. The van der Waals surface area contributed by atoms with E-state index in [-0.39, 0.29) is 54.4 Å². The number of amides is 2. The van der Waals surface area contributed by atoms with Gasteiger partial charge in [-0.05, 0) is 231 Å². The number of hydrogen-bond acceptors (Lipinski definition) is 9. The van der Waals surface area contributed by atoms with Crippen LogP contribution in [-0.2, 0) is 36.8 Å². The molecule has 14 nitrogen and oxygen atoms in total. The number of carboxylic acids is 1. The summed E-state index contributed by atoms with van der Waals surface area (Å²) < 4.78 is 95.2. The Balaban J connectivity index is 0.000000334. The number of ether oxygens (including phenoxy) is 1. The topological polar surface area (TPSA) is 172 Å². The van der Waals surface area contributed by atoms with Gasteiger partial charge in [-0.2, -0.15) is 0 Å². The number of likely N-dealkylation sites (N-methyl/N-ethyl adjacent to an activating group) is 2. The van der Waals surface area contributed by atoms with Crippen molar-refractivity contribution in [2.75, 3.05) is 47.9 Å². The molecule has 0 fully saturated rings. The minimum absolute atomic E-state index is 0.0104. The summed E-state index contributed by atoms with van der Waals surface area (Å²) >= 11 is 0. The highest BCUT2D eigenvalue weighted by molar-refractivity contribution is 5.83. The van der Waals surface area contributed by atoms with E-state index < -0.39 is 101 Å². The average Bonchev–Trinajstić information content (AvgIpc) is 0.806. The zero-order valence-corrected chi connectivity index (χ0v) is 56.3. The number of aryl methyl sites for hydroxylation is 8. The molecule has 0 spiro atoms. The molecule has 0 saturated heterocycles. The van der Waals surface area contributed by atoms with E-state index in [1.54, 1.807) is 45.0 Å². The number of alkyl halides is 4. The number of aliphatic carboxylic acids is 1. The van der Waals surface area contributed by atoms with Crippen molar-refractivity contribution in [2.24, 2.45) is 11.8 Å². The molecule has 4 atom stereocenters. The van der Waals surface area contributed by atoms with Gasteiger partial charge >= 0.3 is 11.9 Å². The van der Waals surface area contributed by atoms with Gasteiger partial charge in [-0.3, -0.25) is 28.8 Å². The normalized spacial score (nSPS) is 13.0. The van der Waals surface area contributed by atoms with E-state index in [0.717, 1.165) is 59.2 Å². The first-order chi connectivity index (χ1) is 43.0. The molecule has 0 saturated carbocycles. The SMILES string of the molecule is CCOC(=O)C[C@H](NC(=O)C(CC(C)C)n1cc(CCN(C)C)cc(C(F)F)c1=O)c1cc(-c2c(C)cc(C)cc2C)cc(C)c1F.Cc1cc(C)c(-c2cc(C)c(F)c([C@H](CC(=O)O)NC(=O)C(CC(C)C)n3cc(CCN(C)C)cc(C(F)F)c3=O)c2)c(C)c1.